The van der Waals surface area contributed by atoms with Gasteiger partial charge >= 0.3 is 0 Å². The van der Waals surface area contributed by atoms with Crippen LogP contribution in [0.1, 0.15) is 23.4 Å². The molecule has 2 heterocycles. The summed E-state index contributed by atoms with van der Waals surface area (Å²) in [5.74, 6) is 0.782. The Labute approximate surface area is 141 Å². The third-order valence-electron chi connectivity index (χ3n) is 4.31. The van der Waals surface area contributed by atoms with Gasteiger partial charge in [-0.1, -0.05) is 5.16 Å². The van der Waals surface area contributed by atoms with E-state index in [0.29, 0.717) is 12.8 Å². The molecule has 128 valence electrons. The topological polar surface area (TPSA) is 67.6 Å². The van der Waals surface area contributed by atoms with E-state index in [1.165, 1.54) is 0 Å². The number of nitrogens with one attached hydrogen (secondary N) is 1. The lowest BCUT2D eigenvalue weighted by Gasteiger charge is -2.28. The fraction of sp³-hybridized carbons (Fsp3) is 0.444. The highest BCUT2D eigenvalue weighted by Gasteiger charge is 2.13. The number of carbonyl (C=O) groups excluding carboxylic acids is 1. The number of hydrogen-bond acceptors (Lipinski definition) is 5. The quantitative estimate of drug-likeness (QED) is 0.913. The zero-order valence-corrected chi connectivity index (χ0v) is 14.2. The summed E-state index contributed by atoms with van der Waals surface area (Å²) in [6.45, 7) is 7.11. The average Bonchev–Trinajstić information content (AvgIpc) is 2.93. The Morgan fingerprint density at radius 3 is 2.54 bits per heavy atom. The van der Waals surface area contributed by atoms with Gasteiger partial charge in [0.15, 0.2) is 0 Å². The van der Waals surface area contributed by atoms with Crippen molar-refractivity contribution < 1.29 is 14.1 Å². The van der Waals surface area contributed by atoms with Crippen LogP contribution < -0.4 is 10.2 Å². The lowest BCUT2D eigenvalue weighted by molar-refractivity contribution is -0.116. The first-order valence-electron chi connectivity index (χ1n) is 8.28. The van der Waals surface area contributed by atoms with Crippen molar-refractivity contribution in [2.45, 2.75) is 26.7 Å². The Bertz CT molecular complexity index is 669. The molecule has 0 spiro atoms. The number of anilines is 2. The van der Waals surface area contributed by atoms with Gasteiger partial charge in [-0.15, -0.1) is 0 Å². The zero-order chi connectivity index (χ0) is 16.9. The van der Waals surface area contributed by atoms with E-state index in [-0.39, 0.29) is 5.91 Å². The lowest BCUT2D eigenvalue weighted by atomic mass is 10.1. The van der Waals surface area contributed by atoms with E-state index in [9.17, 15) is 4.79 Å². The largest absolute Gasteiger partial charge is 0.378 e. The van der Waals surface area contributed by atoms with Gasteiger partial charge in [-0.25, -0.2) is 0 Å². The average molecular weight is 329 g/mol. The molecular weight excluding hydrogens is 306 g/mol. The second-order valence-electron chi connectivity index (χ2n) is 6.00. The van der Waals surface area contributed by atoms with Crippen LogP contribution in [-0.2, 0) is 16.0 Å². The molecule has 2 aromatic rings. The summed E-state index contributed by atoms with van der Waals surface area (Å²) in [7, 11) is 0. The molecule has 6 nitrogen and oxygen atoms in total. The number of hydrogen-bond donors (Lipinski definition) is 1. The van der Waals surface area contributed by atoms with Crippen molar-refractivity contribution in [1.29, 1.82) is 0 Å². The van der Waals surface area contributed by atoms with Crippen LogP contribution in [0.3, 0.4) is 0 Å². The molecule has 1 N–H and O–H groups in total. The first kappa shape index (κ1) is 16.5. The summed E-state index contributed by atoms with van der Waals surface area (Å²) in [5, 5.41) is 6.85. The third-order valence-corrected chi connectivity index (χ3v) is 4.31. The van der Waals surface area contributed by atoms with Gasteiger partial charge in [-0.05, 0) is 44.5 Å². The van der Waals surface area contributed by atoms with Crippen molar-refractivity contribution in [2.75, 3.05) is 36.5 Å². The standard InChI is InChI=1S/C18H23N3O3/c1-13-17(14(2)24-20-13)7-8-18(22)19-15-3-5-16(6-4-15)21-9-11-23-12-10-21/h3-6H,7-12H2,1-2H3,(H,19,22). The molecule has 0 aliphatic carbocycles. The number of aromatic nitrogens is 1. The third kappa shape index (κ3) is 3.94. The van der Waals surface area contributed by atoms with Crippen molar-refractivity contribution >= 4 is 17.3 Å². The van der Waals surface area contributed by atoms with E-state index < -0.39 is 0 Å². The molecule has 1 aliphatic heterocycles. The molecule has 1 aliphatic rings. The minimum atomic E-state index is -0.00544. The Balaban J connectivity index is 1.52. The van der Waals surface area contributed by atoms with Crippen LogP contribution in [0.2, 0.25) is 0 Å². The Hall–Kier alpha value is -2.34. The van der Waals surface area contributed by atoms with Gasteiger partial charge in [0.05, 0.1) is 18.9 Å². The van der Waals surface area contributed by atoms with Gasteiger partial charge in [0, 0.05) is 36.4 Å². The van der Waals surface area contributed by atoms with Crippen LogP contribution in [0.15, 0.2) is 28.8 Å². The second-order valence-corrected chi connectivity index (χ2v) is 6.00. The van der Waals surface area contributed by atoms with Crippen LogP contribution in [0.5, 0.6) is 0 Å². The van der Waals surface area contributed by atoms with E-state index in [0.717, 1.165) is 54.7 Å². The van der Waals surface area contributed by atoms with Crippen molar-refractivity contribution in [3.8, 4) is 0 Å². The molecule has 1 fully saturated rings. The minimum absolute atomic E-state index is 0.00544. The predicted octanol–water partition coefficient (Wildman–Crippen LogP) is 2.70. The van der Waals surface area contributed by atoms with Gasteiger partial charge in [-0.2, -0.15) is 0 Å². The Morgan fingerprint density at radius 1 is 1.21 bits per heavy atom. The van der Waals surface area contributed by atoms with Crippen molar-refractivity contribution in [2.24, 2.45) is 0 Å². The number of nitrogens with zero attached hydrogens (tertiary/aromatic N) is 2. The molecule has 0 unspecified atom stereocenters. The van der Waals surface area contributed by atoms with E-state index in [1.807, 2.05) is 38.1 Å². The number of carbonyl (C=O) groups is 1. The normalized spacial score (nSPS) is 14.7. The maximum atomic E-state index is 12.1. The molecule has 0 atom stereocenters. The van der Waals surface area contributed by atoms with E-state index in [4.69, 9.17) is 9.26 Å². The fourth-order valence-corrected chi connectivity index (χ4v) is 2.90. The summed E-state index contributed by atoms with van der Waals surface area (Å²) >= 11 is 0. The molecule has 0 bridgehead atoms. The van der Waals surface area contributed by atoms with Crippen molar-refractivity contribution in [1.82, 2.24) is 5.16 Å². The molecule has 1 aromatic carbocycles. The fourth-order valence-electron chi connectivity index (χ4n) is 2.90. The molecule has 3 rings (SSSR count). The highest BCUT2D eigenvalue weighted by atomic mass is 16.5. The smallest absolute Gasteiger partial charge is 0.224 e. The van der Waals surface area contributed by atoms with Gasteiger partial charge < -0.3 is 19.5 Å². The Morgan fingerprint density at radius 2 is 1.92 bits per heavy atom. The highest BCUT2D eigenvalue weighted by Crippen LogP contribution is 2.20. The lowest BCUT2D eigenvalue weighted by Crippen LogP contribution is -2.36. The zero-order valence-electron chi connectivity index (χ0n) is 14.2. The van der Waals surface area contributed by atoms with Gasteiger partial charge in [0.25, 0.3) is 0 Å². The maximum Gasteiger partial charge on any atom is 0.224 e. The van der Waals surface area contributed by atoms with Crippen LogP contribution in [0, 0.1) is 13.8 Å². The molecule has 0 radical (unpaired) electrons. The minimum Gasteiger partial charge on any atom is -0.378 e. The van der Waals surface area contributed by atoms with Crippen LogP contribution in [0.25, 0.3) is 0 Å². The molecule has 0 saturated carbocycles. The van der Waals surface area contributed by atoms with Gasteiger partial charge in [-0.3, -0.25) is 4.79 Å². The maximum absolute atomic E-state index is 12.1. The van der Waals surface area contributed by atoms with Gasteiger partial charge in [0.2, 0.25) is 5.91 Å². The number of morpholine rings is 1. The second kappa shape index (κ2) is 7.49. The summed E-state index contributed by atoms with van der Waals surface area (Å²) < 4.78 is 10.5. The van der Waals surface area contributed by atoms with Crippen molar-refractivity contribution in [3.63, 3.8) is 0 Å². The Kier molecular flexibility index (Phi) is 5.15. The number of amides is 1. The molecular formula is C18H23N3O3. The molecule has 1 amide bonds. The van der Waals surface area contributed by atoms with Crippen LogP contribution in [-0.4, -0.2) is 37.4 Å². The number of rotatable bonds is 5. The van der Waals surface area contributed by atoms with Crippen LogP contribution >= 0.6 is 0 Å². The van der Waals surface area contributed by atoms with Crippen molar-refractivity contribution in [3.05, 3.63) is 41.3 Å². The number of aryl methyl sites for hydroxylation is 2. The summed E-state index contributed by atoms with van der Waals surface area (Å²) in [6, 6.07) is 7.96. The van der Waals surface area contributed by atoms with E-state index >= 15 is 0 Å². The van der Waals surface area contributed by atoms with E-state index in [1.54, 1.807) is 0 Å². The predicted molar refractivity (Wildman–Crippen MR) is 92.4 cm³/mol. The monoisotopic (exact) mass is 329 g/mol. The van der Waals surface area contributed by atoms with Crippen LogP contribution in [0.4, 0.5) is 11.4 Å². The summed E-state index contributed by atoms with van der Waals surface area (Å²) in [5.41, 5.74) is 3.85. The molecule has 24 heavy (non-hydrogen) atoms. The van der Waals surface area contributed by atoms with Gasteiger partial charge in [0.1, 0.15) is 5.76 Å². The molecule has 1 saturated heterocycles. The molecule has 6 heteroatoms. The molecule has 1 aromatic heterocycles. The summed E-state index contributed by atoms with van der Waals surface area (Å²) in [6.07, 6.45) is 1.05. The summed E-state index contributed by atoms with van der Waals surface area (Å²) in [4.78, 5) is 14.4. The number of ether oxygens (including phenoxy) is 1. The SMILES string of the molecule is Cc1noc(C)c1CCC(=O)Nc1ccc(N2CCOCC2)cc1. The number of benzene rings is 1. The van der Waals surface area contributed by atoms with E-state index in [2.05, 4.69) is 15.4 Å². The first-order valence-corrected chi connectivity index (χ1v) is 8.28. The first-order chi connectivity index (χ1) is 11.6. The highest BCUT2D eigenvalue weighted by molar-refractivity contribution is 5.91.